The molecule has 3 heteroatoms. The molecule has 0 aliphatic heterocycles. The van der Waals surface area contributed by atoms with Gasteiger partial charge in [-0.15, -0.1) is 0 Å². The Balaban J connectivity index is 1.87. The van der Waals surface area contributed by atoms with Crippen molar-refractivity contribution < 1.29 is 4.79 Å². The lowest BCUT2D eigenvalue weighted by atomic mass is 10.0. The first kappa shape index (κ1) is 13.1. The van der Waals surface area contributed by atoms with Crippen molar-refractivity contribution in [2.75, 3.05) is 6.54 Å². The van der Waals surface area contributed by atoms with Crippen molar-refractivity contribution in [1.29, 1.82) is 0 Å². The Morgan fingerprint density at radius 1 is 1.28 bits per heavy atom. The van der Waals surface area contributed by atoms with Crippen LogP contribution in [0.3, 0.4) is 0 Å². The van der Waals surface area contributed by atoms with Crippen molar-refractivity contribution in [3.63, 3.8) is 0 Å². The quantitative estimate of drug-likeness (QED) is 0.838. The van der Waals surface area contributed by atoms with E-state index in [2.05, 4.69) is 5.32 Å². The van der Waals surface area contributed by atoms with Gasteiger partial charge < -0.3 is 11.1 Å². The number of hydrogen-bond acceptors (Lipinski definition) is 2. The van der Waals surface area contributed by atoms with Gasteiger partial charge in [0.25, 0.3) is 0 Å². The van der Waals surface area contributed by atoms with Crippen LogP contribution in [0.1, 0.15) is 43.7 Å². The molecule has 1 amide bonds. The van der Waals surface area contributed by atoms with Gasteiger partial charge in [0, 0.05) is 13.0 Å². The highest BCUT2D eigenvalue weighted by molar-refractivity contribution is 5.76. The molecule has 1 aliphatic carbocycles. The second-order valence-corrected chi connectivity index (χ2v) is 5.12. The molecule has 3 N–H and O–H groups in total. The zero-order valence-electron chi connectivity index (χ0n) is 10.8. The number of amides is 1. The van der Waals surface area contributed by atoms with Crippen LogP contribution in [-0.2, 0) is 4.79 Å². The van der Waals surface area contributed by atoms with Gasteiger partial charge in [-0.3, -0.25) is 4.79 Å². The standard InChI is InChI=1S/C15H22N2O/c16-11-14(13-8-2-1-3-9-13)17-15(18)10-12-6-4-5-7-12/h1-3,8-9,12,14H,4-7,10-11,16H2,(H,17,18). The van der Waals surface area contributed by atoms with E-state index in [1.807, 2.05) is 30.3 Å². The molecule has 1 aliphatic rings. The van der Waals surface area contributed by atoms with Gasteiger partial charge in [-0.25, -0.2) is 0 Å². The summed E-state index contributed by atoms with van der Waals surface area (Å²) < 4.78 is 0. The Morgan fingerprint density at radius 3 is 2.56 bits per heavy atom. The van der Waals surface area contributed by atoms with Crippen molar-refractivity contribution in [1.82, 2.24) is 5.32 Å². The minimum atomic E-state index is -0.0555. The second-order valence-electron chi connectivity index (χ2n) is 5.12. The third-order valence-corrected chi connectivity index (χ3v) is 3.72. The Labute approximate surface area is 109 Å². The zero-order valence-corrected chi connectivity index (χ0v) is 10.8. The molecule has 18 heavy (non-hydrogen) atoms. The van der Waals surface area contributed by atoms with Gasteiger partial charge in [0.2, 0.25) is 5.91 Å². The molecule has 1 saturated carbocycles. The summed E-state index contributed by atoms with van der Waals surface area (Å²) in [6.45, 7) is 0.445. The van der Waals surface area contributed by atoms with Crippen LogP contribution in [-0.4, -0.2) is 12.5 Å². The topological polar surface area (TPSA) is 55.1 Å². The number of nitrogens with two attached hydrogens (primary N) is 1. The van der Waals surface area contributed by atoms with Crippen LogP contribution >= 0.6 is 0 Å². The Morgan fingerprint density at radius 2 is 1.94 bits per heavy atom. The highest BCUT2D eigenvalue weighted by Crippen LogP contribution is 2.27. The average Bonchev–Trinajstić information content (AvgIpc) is 2.90. The lowest BCUT2D eigenvalue weighted by molar-refractivity contribution is -0.122. The maximum absolute atomic E-state index is 12.0. The molecule has 0 bridgehead atoms. The van der Waals surface area contributed by atoms with Crippen molar-refractivity contribution in [3.8, 4) is 0 Å². The van der Waals surface area contributed by atoms with Crippen molar-refractivity contribution >= 4 is 5.91 Å². The van der Waals surface area contributed by atoms with Gasteiger partial charge in [0.05, 0.1) is 6.04 Å². The molecule has 0 radical (unpaired) electrons. The van der Waals surface area contributed by atoms with E-state index in [1.54, 1.807) is 0 Å². The fourth-order valence-corrected chi connectivity index (χ4v) is 2.69. The van der Waals surface area contributed by atoms with Crippen LogP contribution in [0, 0.1) is 5.92 Å². The first-order valence-corrected chi connectivity index (χ1v) is 6.84. The lowest BCUT2D eigenvalue weighted by Crippen LogP contribution is -2.34. The second kappa shape index (κ2) is 6.55. The highest BCUT2D eigenvalue weighted by Gasteiger charge is 2.20. The number of hydrogen-bond donors (Lipinski definition) is 2. The first-order chi connectivity index (χ1) is 8.79. The van der Waals surface area contributed by atoms with Crippen molar-refractivity contribution in [2.45, 2.75) is 38.1 Å². The zero-order chi connectivity index (χ0) is 12.8. The predicted octanol–water partition coefficient (Wildman–Crippen LogP) is 2.38. The average molecular weight is 246 g/mol. The number of rotatable bonds is 5. The molecule has 98 valence electrons. The van der Waals surface area contributed by atoms with E-state index in [1.165, 1.54) is 25.7 Å². The van der Waals surface area contributed by atoms with E-state index in [0.717, 1.165) is 5.56 Å². The summed E-state index contributed by atoms with van der Waals surface area (Å²) in [5, 5.41) is 3.05. The van der Waals surface area contributed by atoms with E-state index >= 15 is 0 Å². The minimum Gasteiger partial charge on any atom is -0.348 e. The number of carbonyl (C=O) groups excluding carboxylic acids is 1. The van der Waals surface area contributed by atoms with Gasteiger partial charge in [-0.1, -0.05) is 43.2 Å². The molecule has 0 saturated heterocycles. The van der Waals surface area contributed by atoms with Gasteiger partial charge in [0.1, 0.15) is 0 Å². The van der Waals surface area contributed by atoms with Gasteiger partial charge in [-0.2, -0.15) is 0 Å². The third-order valence-electron chi connectivity index (χ3n) is 3.72. The molecule has 1 atom stereocenters. The minimum absolute atomic E-state index is 0.0555. The molecule has 1 aromatic carbocycles. The molecule has 0 aromatic heterocycles. The van der Waals surface area contributed by atoms with E-state index in [-0.39, 0.29) is 11.9 Å². The largest absolute Gasteiger partial charge is 0.348 e. The Hall–Kier alpha value is -1.35. The van der Waals surface area contributed by atoms with E-state index in [0.29, 0.717) is 18.9 Å². The summed E-state index contributed by atoms with van der Waals surface area (Å²) in [5.74, 6) is 0.723. The summed E-state index contributed by atoms with van der Waals surface area (Å²) in [7, 11) is 0. The molecule has 2 rings (SSSR count). The summed E-state index contributed by atoms with van der Waals surface area (Å²) in [6.07, 6.45) is 5.61. The van der Waals surface area contributed by atoms with Crippen LogP contribution in [0.25, 0.3) is 0 Å². The molecular weight excluding hydrogens is 224 g/mol. The molecule has 0 spiro atoms. The predicted molar refractivity (Wildman–Crippen MR) is 73.0 cm³/mol. The molecule has 3 nitrogen and oxygen atoms in total. The van der Waals surface area contributed by atoms with Gasteiger partial charge >= 0.3 is 0 Å². The molecule has 1 unspecified atom stereocenters. The van der Waals surface area contributed by atoms with E-state index in [9.17, 15) is 4.79 Å². The van der Waals surface area contributed by atoms with Crippen LogP contribution in [0.2, 0.25) is 0 Å². The molecule has 1 aromatic rings. The Kier molecular flexibility index (Phi) is 4.76. The van der Waals surface area contributed by atoms with E-state index < -0.39 is 0 Å². The monoisotopic (exact) mass is 246 g/mol. The molecule has 0 heterocycles. The van der Waals surface area contributed by atoms with Crippen molar-refractivity contribution in [3.05, 3.63) is 35.9 Å². The smallest absolute Gasteiger partial charge is 0.220 e. The highest BCUT2D eigenvalue weighted by atomic mass is 16.1. The maximum Gasteiger partial charge on any atom is 0.220 e. The third kappa shape index (κ3) is 3.57. The fourth-order valence-electron chi connectivity index (χ4n) is 2.69. The Bertz CT molecular complexity index is 371. The van der Waals surface area contributed by atoms with Gasteiger partial charge in [0.15, 0.2) is 0 Å². The van der Waals surface area contributed by atoms with Crippen LogP contribution in [0.4, 0.5) is 0 Å². The van der Waals surface area contributed by atoms with E-state index in [4.69, 9.17) is 5.73 Å². The van der Waals surface area contributed by atoms with Gasteiger partial charge in [-0.05, 0) is 24.3 Å². The van der Waals surface area contributed by atoms with Crippen LogP contribution in [0.5, 0.6) is 0 Å². The SMILES string of the molecule is NCC(NC(=O)CC1CCCC1)c1ccccc1. The normalized spacial score (nSPS) is 17.6. The number of carbonyl (C=O) groups is 1. The van der Waals surface area contributed by atoms with Crippen LogP contribution < -0.4 is 11.1 Å². The van der Waals surface area contributed by atoms with Crippen LogP contribution in [0.15, 0.2) is 30.3 Å². The lowest BCUT2D eigenvalue weighted by Gasteiger charge is -2.18. The summed E-state index contributed by atoms with van der Waals surface area (Å²) in [4.78, 5) is 12.0. The summed E-state index contributed by atoms with van der Waals surface area (Å²) in [5.41, 5.74) is 6.83. The fraction of sp³-hybridized carbons (Fsp3) is 0.533. The maximum atomic E-state index is 12.0. The number of benzene rings is 1. The first-order valence-electron chi connectivity index (χ1n) is 6.84. The molecular formula is C15H22N2O. The number of nitrogens with one attached hydrogen (secondary N) is 1. The summed E-state index contributed by atoms with van der Waals surface area (Å²) in [6, 6.07) is 9.88. The molecule has 1 fully saturated rings. The van der Waals surface area contributed by atoms with Crippen molar-refractivity contribution in [2.24, 2.45) is 11.7 Å². The summed E-state index contributed by atoms with van der Waals surface area (Å²) >= 11 is 0.